The van der Waals surface area contributed by atoms with Crippen molar-refractivity contribution in [3.8, 4) is 5.75 Å². The molecule has 0 fully saturated rings. The normalized spacial score (nSPS) is 13.2. The molecule has 5 nitrogen and oxygen atoms in total. The summed E-state index contributed by atoms with van der Waals surface area (Å²) in [7, 11) is 3.00. The first-order chi connectivity index (χ1) is 21.9. The molecule has 0 heterocycles. The Balaban J connectivity index is 1.58. The number of carbonyl (C=O) groups is 1. The lowest BCUT2D eigenvalue weighted by Crippen LogP contribution is -2.48. The summed E-state index contributed by atoms with van der Waals surface area (Å²) in [5.74, 6) is 0.150. The van der Waals surface area contributed by atoms with Crippen molar-refractivity contribution in [3.63, 3.8) is 0 Å². The average molecular weight is 681 g/mol. The summed E-state index contributed by atoms with van der Waals surface area (Å²) in [5, 5.41) is 8.34. The van der Waals surface area contributed by atoms with Gasteiger partial charge in [-0.3, -0.25) is 0 Å². The summed E-state index contributed by atoms with van der Waals surface area (Å²) in [6.45, 7) is 0.112. The maximum absolute atomic E-state index is 14.4. The Kier molecular flexibility index (Phi) is 9.08. The Bertz CT molecular complexity index is 1910. The van der Waals surface area contributed by atoms with Crippen molar-refractivity contribution in [2.45, 2.75) is 18.2 Å². The highest BCUT2D eigenvalue weighted by molar-refractivity contribution is 9.10. The van der Waals surface area contributed by atoms with Crippen molar-refractivity contribution < 1.29 is 19.0 Å². The molecule has 0 spiro atoms. The first kappa shape index (κ1) is 30.7. The predicted molar refractivity (Wildman–Crippen MR) is 185 cm³/mol. The van der Waals surface area contributed by atoms with E-state index in [9.17, 15) is 4.79 Å². The summed E-state index contributed by atoms with van der Waals surface area (Å²) < 4.78 is 19.0. The van der Waals surface area contributed by atoms with Crippen molar-refractivity contribution in [2.75, 3.05) is 19.5 Å². The third kappa shape index (κ3) is 6.14. The van der Waals surface area contributed by atoms with Gasteiger partial charge in [-0.05, 0) is 92.8 Å². The number of fused-ring (bicyclic) bond motifs is 2. The van der Waals surface area contributed by atoms with Crippen LogP contribution in [0.1, 0.15) is 22.7 Å². The van der Waals surface area contributed by atoms with Crippen LogP contribution in [-0.4, -0.2) is 20.2 Å². The van der Waals surface area contributed by atoms with Gasteiger partial charge in [0.15, 0.2) is 0 Å². The zero-order valence-corrected chi connectivity index (χ0v) is 27.1. The van der Waals surface area contributed by atoms with Gasteiger partial charge >= 0.3 is 5.97 Å². The Morgan fingerprint density at radius 1 is 0.800 bits per heavy atom. The monoisotopic (exact) mass is 679 g/mol. The van der Waals surface area contributed by atoms with Crippen LogP contribution in [0.3, 0.4) is 0 Å². The summed E-state index contributed by atoms with van der Waals surface area (Å²) >= 11 is 10.1. The number of ether oxygens (including phenoxy) is 3. The smallest absolute Gasteiger partial charge is 0.345 e. The molecular formula is C38H31BrClNO4. The van der Waals surface area contributed by atoms with E-state index in [1.165, 1.54) is 7.11 Å². The van der Waals surface area contributed by atoms with Crippen LogP contribution >= 0.6 is 27.5 Å². The fourth-order valence-corrected chi connectivity index (χ4v) is 6.33. The molecule has 0 unspecified atom stereocenters. The second kappa shape index (κ2) is 13.3. The van der Waals surface area contributed by atoms with Gasteiger partial charge in [0.1, 0.15) is 5.75 Å². The third-order valence-electron chi connectivity index (χ3n) is 8.08. The highest BCUT2D eigenvalue weighted by atomic mass is 79.9. The molecule has 226 valence electrons. The van der Waals surface area contributed by atoms with E-state index in [0.717, 1.165) is 42.8 Å². The summed E-state index contributed by atoms with van der Waals surface area (Å²) in [4.78, 5) is 14.4. The minimum Gasteiger partial charge on any atom is -0.497 e. The Morgan fingerprint density at radius 2 is 1.44 bits per heavy atom. The van der Waals surface area contributed by atoms with Gasteiger partial charge in [-0.25, -0.2) is 4.79 Å². The van der Waals surface area contributed by atoms with Crippen LogP contribution in [0, 0.1) is 0 Å². The number of benzene rings is 6. The van der Waals surface area contributed by atoms with Crippen LogP contribution in [0.15, 0.2) is 132 Å². The van der Waals surface area contributed by atoms with E-state index >= 15 is 0 Å². The highest BCUT2D eigenvalue weighted by Gasteiger charge is 2.51. The highest BCUT2D eigenvalue weighted by Crippen LogP contribution is 2.45. The van der Waals surface area contributed by atoms with E-state index in [1.807, 2.05) is 84.9 Å². The van der Waals surface area contributed by atoms with E-state index in [1.54, 1.807) is 19.2 Å². The lowest BCUT2D eigenvalue weighted by Gasteiger charge is -2.40. The number of hydrogen-bond donors (Lipinski definition) is 1. The average Bonchev–Trinajstić information content (AvgIpc) is 3.08. The van der Waals surface area contributed by atoms with Gasteiger partial charge in [-0.15, -0.1) is 0 Å². The maximum Gasteiger partial charge on any atom is 0.345 e. The molecule has 0 aliphatic heterocycles. The molecule has 0 radical (unpaired) electrons. The first-order valence-corrected chi connectivity index (χ1v) is 15.6. The molecule has 7 heteroatoms. The van der Waals surface area contributed by atoms with Crippen molar-refractivity contribution >= 4 is 60.7 Å². The summed E-state index contributed by atoms with van der Waals surface area (Å²) in [6, 6.07) is 40.4. The van der Waals surface area contributed by atoms with Crippen LogP contribution in [0.2, 0.25) is 5.02 Å². The van der Waals surface area contributed by atoms with Crippen molar-refractivity contribution in [1.82, 2.24) is 0 Å². The van der Waals surface area contributed by atoms with E-state index < -0.39 is 17.6 Å². The molecule has 0 saturated carbocycles. The standard InChI is InChI=1S/C38H31BrClNO4/c1-43-32-20-18-31(19-21-32)41-36(25-14-16-29(39)17-15-25)38(37(42)44-2,28-10-7-11-30(40)23-28)45-24-35-33-12-5-3-8-26(33)22-27-9-4-6-13-34(27)35/h3-23,36,41H,24H2,1-2H3/t36-,38-/m0/s1. The number of carbonyl (C=O) groups excluding carboxylic acids is 1. The minimum atomic E-state index is -1.68. The molecule has 0 aliphatic carbocycles. The topological polar surface area (TPSA) is 56.8 Å². The Labute approximate surface area is 275 Å². The van der Waals surface area contributed by atoms with Gasteiger partial charge in [-0.1, -0.05) is 100 Å². The molecule has 0 bridgehead atoms. The fraction of sp³-hybridized carbons (Fsp3) is 0.132. The molecule has 0 aromatic heterocycles. The second-order valence-corrected chi connectivity index (χ2v) is 12.0. The Morgan fingerprint density at radius 3 is 2.04 bits per heavy atom. The summed E-state index contributed by atoms with van der Waals surface area (Å²) in [6.07, 6.45) is 0. The number of methoxy groups -OCH3 is 2. The first-order valence-electron chi connectivity index (χ1n) is 14.5. The van der Waals surface area contributed by atoms with Gasteiger partial charge in [0.05, 0.1) is 26.9 Å². The number of halogens is 2. The SMILES string of the molecule is COC(=O)[C@](OCc1c2ccccc2cc2ccccc12)(c1cccc(Cl)c1)[C@@H](Nc1ccc(OC)cc1)c1ccc(Br)cc1. The molecular weight excluding hydrogens is 650 g/mol. The second-order valence-electron chi connectivity index (χ2n) is 10.7. The number of anilines is 1. The van der Waals surface area contributed by atoms with Gasteiger partial charge in [0.2, 0.25) is 5.60 Å². The fourth-order valence-electron chi connectivity index (χ4n) is 5.88. The lowest BCUT2D eigenvalue weighted by atomic mass is 9.81. The zero-order chi connectivity index (χ0) is 31.4. The van der Waals surface area contributed by atoms with Crippen LogP contribution in [0.25, 0.3) is 21.5 Å². The molecule has 2 atom stereocenters. The van der Waals surface area contributed by atoms with Crippen LogP contribution in [0.5, 0.6) is 5.75 Å². The third-order valence-corrected chi connectivity index (χ3v) is 8.84. The number of nitrogens with one attached hydrogen (secondary N) is 1. The molecule has 6 aromatic carbocycles. The van der Waals surface area contributed by atoms with Crippen molar-refractivity contribution in [2.24, 2.45) is 0 Å². The minimum absolute atomic E-state index is 0.112. The van der Waals surface area contributed by atoms with E-state index in [0.29, 0.717) is 16.3 Å². The Hall–Kier alpha value is -4.36. The molecule has 0 amide bonds. The van der Waals surface area contributed by atoms with Crippen LogP contribution < -0.4 is 10.1 Å². The van der Waals surface area contributed by atoms with Crippen molar-refractivity contribution in [1.29, 1.82) is 0 Å². The van der Waals surface area contributed by atoms with Crippen molar-refractivity contribution in [3.05, 3.63) is 154 Å². The number of esters is 1. The summed E-state index contributed by atoms with van der Waals surface area (Å²) in [5.41, 5.74) is 1.42. The van der Waals surface area contributed by atoms with Crippen LogP contribution in [-0.2, 0) is 26.5 Å². The van der Waals surface area contributed by atoms with Gasteiger partial charge in [0.25, 0.3) is 0 Å². The maximum atomic E-state index is 14.4. The van der Waals surface area contributed by atoms with E-state index in [2.05, 4.69) is 51.6 Å². The van der Waals surface area contributed by atoms with Gasteiger partial charge < -0.3 is 19.5 Å². The lowest BCUT2D eigenvalue weighted by molar-refractivity contribution is -0.177. The van der Waals surface area contributed by atoms with Gasteiger partial charge in [0, 0.05) is 15.2 Å². The van der Waals surface area contributed by atoms with Crippen LogP contribution in [0.4, 0.5) is 5.69 Å². The molecule has 0 saturated heterocycles. The van der Waals surface area contributed by atoms with E-state index in [-0.39, 0.29) is 6.61 Å². The molecule has 1 N–H and O–H groups in total. The number of rotatable bonds is 10. The molecule has 6 rings (SSSR count). The number of hydrogen-bond acceptors (Lipinski definition) is 5. The molecule has 45 heavy (non-hydrogen) atoms. The zero-order valence-electron chi connectivity index (χ0n) is 24.8. The molecule has 6 aromatic rings. The molecule has 0 aliphatic rings. The predicted octanol–water partition coefficient (Wildman–Crippen LogP) is 9.86. The van der Waals surface area contributed by atoms with Gasteiger partial charge in [-0.2, -0.15) is 0 Å². The quantitative estimate of drug-likeness (QED) is 0.115. The van der Waals surface area contributed by atoms with E-state index in [4.69, 9.17) is 25.8 Å². The largest absolute Gasteiger partial charge is 0.497 e.